The highest BCUT2D eigenvalue weighted by Gasteiger charge is 2.49. The van der Waals surface area contributed by atoms with Crippen LogP contribution in [-0.2, 0) is 4.79 Å². The van der Waals surface area contributed by atoms with Crippen LogP contribution in [-0.4, -0.2) is 26.7 Å². The molecule has 0 radical (unpaired) electrons. The summed E-state index contributed by atoms with van der Waals surface area (Å²) in [5.74, 6) is 0.926. The van der Waals surface area contributed by atoms with Crippen LogP contribution in [0.4, 0.5) is 5.13 Å². The van der Waals surface area contributed by atoms with Gasteiger partial charge in [0.05, 0.1) is 5.92 Å². The second-order valence-corrected chi connectivity index (χ2v) is 5.33. The number of hydrogen-bond acceptors (Lipinski definition) is 6. The number of nitrogens with zero attached hydrogens (tertiary/aromatic N) is 3. The molecule has 1 heterocycles. The fourth-order valence-corrected chi connectivity index (χ4v) is 3.47. The predicted octanol–water partition coefficient (Wildman–Crippen LogP) is 0.245. The Labute approximate surface area is 96.8 Å². The molecule has 1 aromatic rings. The minimum Gasteiger partial charge on any atom is -0.327 e. The maximum absolute atomic E-state index is 12.0. The summed E-state index contributed by atoms with van der Waals surface area (Å²) in [5.41, 5.74) is 6.08. The maximum atomic E-state index is 12.0. The van der Waals surface area contributed by atoms with Gasteiger partial charge in [0.15, 0.2) is 0 Å². The molecular weight excluding hydrogens is 226 g/mol. The van der Waals surface area contributed by atoms with E-state index in [2.05, 4.69) is 20.1 Å². The smallest absolute Gasteiger partial charge is 0.231 e. The molecule has 2 saturated carbocycles. The Bertz CT molecular complexity index is 393. The first-order valence-electron chi connectivity index (χ1n) is 5.47. The van der Waals surface area contributed by atoms with Crippen molar-refractivity contribution in [2.75, 3.05) is 5.32 Å². The summed E-state index contributed by atoms with van der Waals surface area (Å²) in [4.78, 5) is 12.0. The average Bonchev–Trinajstić information content (AvgIpc) is 2.92. The number of carbonyl (C=O) groups is 1. The van der Waals surface area contributed by atoms with Crippen molar-refractivity contribution < 1.29 is 4.79 Å². The van der Waals surface area contributed by atoms with E-state index in [1.54, 1.807) is 0 Å². The van der Waals surface area contributed by atoms with Crippen molar-refractivity contribution in [3.63, 3.8) is 0 Å². The van der Waals surface area contributed by atoms with Gasteiger partial charge < -0.3 is 5.73 Å². The van der Waals surface area contributed by atoms with E-state index in [4.69, 9.17) is 5.73 Å². The van der Waals surface area contributed by atoms with Crippen LogP contribution < -0.4 is 11.1 Å². The molecule has 3 rings (SSSR count). The summed E-state index contributed by atoms with van der Waals surface area (Å²) < 4.78 is 3.60. The van der Waals surface area contributed by atoms with E-state index < -0.39 is 0 Å². The van der Waals surface area contributed by atoms with Gasteiger partial charge in [-0.3, -0.25) is 10.1 Å². The number of nitrogens with one attached hydrogen (secondary N) is 1. The van der Waals surface area contributed by atoms with E-state index in [0.29, 0.717) is 17.0 Å². The third-order valence-corrected chi connectivity index (χ3v) is 4.32. The van der Waals surface area contributed by atoms with E-state index in [9.17, 15) is 4.79 Å². The molecule has 16 heavy (non-hydrogen) atoms. The number of fused-ring (bicyclic) bond motifs is 2. The van der Waals surface area contributed by atoms with Crippen LogP contribution in [0.1, 0.15) is 19.3 Å². The first-order chi connectivity index (χ1) is 7.75. The molecule has 3 N–H and O–H groups in total. The summed E-state index contributed by atoms with van der Waals surface area (Å²) in [6.07, 6.45) is 3.41. The van der Waals surface area contributed by atoms with Crippen molar-refractivity contribution in [2.24, 2.45) is 23.5 Å². The van der Waals surface area contributed by atoms with Crippen molar-refractivity contribution in [2.45, 2.75) is 25.3 Å². The summed E-state index contributed by atoms with van der Waals surface area (Å²) in [6.45, 7) is 0. The number of amides is 1. The van der Waals surface area contributed by atoms with E-state index in [0.717, 1.165) is 24.4 Å². The number of nitrogens with two attached hydrogens (primary N) is 1. The number of rotatable bonds is 2. The molecule has 0 aliphatic heterocycles. The van der Waals surface area contributed by atoms with Gasteiger partial charge in [0.25, 0.3) is 0 Å². The van der Waals surface area contributed by atoms with Gasteiger partial charge in [-0.2, -0.15) is 0 Å². The lowest BCUT2D eigenvalue weighted by Gasteiger charge is -2.26. The molecule has 1 amide bonds. The summed E-state index contributed by atoms with van der Waals surface area (Å²) >= 11 is 1.09. The minimum atomic E-state index is -0.0531. The Morgan fingerprint density at radius 2 is 2.25 bits per heavy atom. The van der Waals surface area contributed by atoms with Gasteiger partial charge in [-0.25, -0.2) is 0 Å². The highest BCUT2D eigenvalue weighted by atomic mass is 32.1. The molecular formula is C9H13N5OS. The van der Waals surface area contributed by atoms with Gasteiger partial charge in [-0.1, -0.05) is 9.59 Å². The van der Waals surface area contributed by atoms with Crippen molar-refractivity contribution in [1.29, 1.82) is 0 Å². The molecule has 0 spiro atoms. The monoisotopic (exact) mass is 239 g/mol. The number of anilines is 1. The molecule has 2 bridgehead atoms. The Morgan fingerprint density at radius 1 is 1.44 bits per heavy atom. The van der Waals surface area contributed by atoms with E-state index >= 15 is 0 Å². The number of carbonyl (C=O) groups excluding carboxylic acids is 1. The second-order valence-electron chi connectivity index (χ2n) is 4.59. The SMILES string of the molecule is NC1C2CCC(C2)C1C(=O)Nc1nnns1. The molecule has 4 unspecified atom stereocenters. The third kappa shape index (κ3) is 1.51. The quantitative estimate of drug-likeness (QED) is 0.771. The fourth-order valence-electron chi connectivity index (χ4n) is 3.10. The molecule has 6 nitrogen and oxygen atoms in total. The third-order valence-electron chi connectivity index (χ3n) is 3.81. The van der Waals surface area contributed by atoms with Crippen LogP contribution in [0.15, 0.2) is 0 Å². The van der Waals surface area contributed by atoms with Gasteiger partial charge in [-0.05, 0) is 36.3 Å². The van der Waals surface area contributed by atoms with Crippen molar-refractivity contribution in [3.8, 4) is 0 Å². The lowest BCUT2D eigenvalue weighted by atomic mass is 9.84. The first kappa shape index (κ1) is 10.1. The van der Waals surface area contributed by atoms with Gasteiger partial charge in [-0.15, -0.1) is 0 Å². The molecule has 86 valence electrons. The Morgan fingerprint density at radius 3 is 2.88 bits per heavy atom. The van der Waals surface area contributed by atoms with Gasteiger partial charge in [0.2, 0.25) is 11.0 Å². The van der Waals surface area contributed by atoms with Crippen molar-refractivity contribution in [1.82, 2.24) is 14.8 Å². The lowest BCUT2D eigenvalue weighted by molar-refractivity contribution is -0.121. The zero-order valence-electron chi connectivity index (χ0n) is 8.67. The number of hydrogen-bond donors (Lipinski definition) is 2. The normalized spacial score (nSPS) is 36.6. The Balaban J connectivity index is 1.71. The molecule has 1 aromatic heterocycles. The summed E-state index contributed by atoms with van der Waals surface area (Å²) in [5, 5.41) is 10.3. The van der Waals surface area contributed by atoms with Gasteiger partial charge >= 0.3 is 0 Å². The van der Waals surface area contributed by atoms with Gasteiger partial charge in [0.1, 0.15) is 0 Å². The molecule has 0 aromatic carbocycles. The predicted molar refractivity (Wildman–Crippen MR) is 58.6 cm³/mol. The van der Waals surface area contributed by atoms with Crippen LogP contribution in [0.2, 0.25) is 0 Å². The van der Waals surface area contributed by atoms with E-state index in [1.807, 2.05) is 0 Å². The molecule has 0 saturated heterocycles. The van der Waals surface area contributed by atoms with Crippen LogP contribution in [0.3, 0.4) is 0 Å². The molecule has 2 fully saturated rings. The maximum Gasteiger partial charge on any atom is 0.231 e. The summed E-state index contributed by atoms with van der Waals surface area (Å²) in [6, 6.07) is 0.0135. The average molecular weight is 239 g/mol. The van der Waals surface area contributed by atoms with Gasteiger partial charge in [0, 0.05) is 17.6 Å². The van der Waals surface area contributed by atoms with E-state index in [1.165, 1.54) is 6.42 Å². The minimum absolute atomic E-state index is 0.0135. The van der Waals surface area contributed by atoms with Crippen LogP contribution >= 0.6 is 11.5 Å². The standard InChI is InChI=1S/C9H13N5OS/c10-7-5-2-1-4(3-5)6(7)8(15)11-9-12-13-14-16-9/h4-7H,1-3,10H2,(H,11,12,14,15). The zero-order chi connectivity index (χ0) is 11.1. The van der Waals surface area contributed by atoms with Crippen LogP contribution in [0.25, 0.3) is 0 Å². The Kier molecular flexibility index (Phi) is 2.36. The fraction of sp³-hybridized carbons (Fsp3) is 0.778. The Hall–Kier alpha value is -1.08. The highest BCUT2D eigenvalue weighted by Crippen LogP contribution is 2.47. The zero-order valence-corrected chi connectivity index (χ0v) is 9.48. The first-order valence-corrected chi connectivity index (χ1v) is 6.24. The second kappa shape index (κ2) is 3.74. The molecule has 2 aliphatic rings. The van der Waals surface area contributed by atoms with Crippen molar-refractivity contribution in [3.05, 3.63) is 0 Å². The van der Waals surface area contributed by atoms with Crippen molar-refractivity contribution >= 4 is 22.6 Å². The van der Waals surface area contributed by atoms with E-state index in [-0.39, 0.29) is 17.9 Å². The van der Waals surface area contributed by atoms with Crippen LogP contribution in [0, 0.1) is 17.8 Å². The largest absolute Gasteiger partial charge is 0.327 e. The highest BCUT2D eigenvalue weighted by molar-refractivity contribution is 7.09. The topological polar surface area (TPSA) is 93.8 Å². The molecule has 2 aliphatic carbocycles. The summed E-state index contributed by atoms with van der Waals surface area (Å²) in [7, 11) is 0. The number of aromatic nitrogens is 3. The van der Waals surface area contributed by atoms with Crippen LogP contribution in [0.5, 0.6) is 0 Å². The molecule has 4 atom stereocenters. The molecule has 7 heteroatoms. The lowest BCUT2D eigenvalue weighted by Crippen LogP contribution is -2.42.